The molecule has 3 aromatic rings. The highest BCUT2D eigenvalue weighted by molar-refractivity contribution is 7.92. The molecule has 4 rings (SSSR count). The van der Waals surface area contributed by atoms with E-state index in [2.05, 4.69) is 9.71 Å². The minimum atomic E-state index is -3.95. The number of benzene rings is 2. The van der Waals surface area contributed by atoms with Crippen molar-refractivity contribution in [1.82, 2.24) is 4.98 Å². The number of aliphatic hydroxyl groups excluding tert-OH is 1. The summed E-state index contributed by atoms with van der Waals surface area (Å²) in [6, 6.07) is 19.6. The second-order valence-corrected chi connectivity index (χ2v) is 11.6. The van der Waals surface area contributed by atoms with E-state index in [1.54, 1.807) is 18.2 Å². The third kappa shape index (κ3) is 6.60. The third-order valence-corrected chi connectivity index (χ3v) is 8.38. The number of hydrogen-bond donors (Lipinski definition) is 3. The van der Waals surface area contributed by atoms with Crippen molar-refractivity contribution in [2.24, 2.45) is 0 Å². The van der Waals surface area contributed by atoms with Crippen LogP contribution in [0, 0.1) is 0 Å². The van der Waals surface area contributed by atoms with Crippen molar-refractivity contribution in [2.75, 3.05) is 10.5 Å². The van der Waals surface area contributed by atoms with Crippen LogP contribution in [0.15, 0.2) is 89.3 Å². The van der Waals surface area contributed by atoms with E-state index in [9.17, 15) is 18.3 Å². The van der Waals surface area contributed by atoms with Gasteiger partial charge in [-0.2, -0.15) is 8.42 Å². The van der Waals surface area contributed by atoms with Gasteiger partial charge < -0.3 is 15.6 Å². The summed E-state index contributed by atoms with van der Waals surface area (Å²) in [4.78, 5) is 17.3. The number of carbonyl (C=O) groups excluding carboxylic acids is 1. The molecular weight excluding hydrogens is 514 g/mol. The van der Waals surface area contributed by atoms with Crippen LogP contribution in [0.2, 0.25) is 0 Å². The van der Waals surface area contributed by atoms with E-state index in [1.807, 2.05) is 50.2 Å². The fraction of sp³-hybridized carbons (Fsp3) is 0.333. The average Bonchev–Trinajstić information content (AvgIpc) is 2.90. The first-order chi connectivity index (χ1) is 18.7. The molecule has 2 atom stereocenters. The lowest BCUT2D eigenvalue weighted by atomic mass is 9.80. The molecule has 2 aromatic carbocycles. The molecule has 0 fully saturated rings. The Hall–Kier alpha value is -3.85. The first kappa shape index (κ1) is 28.2. The molecule has 1 unspecified atom stereocenters. The molecule has 9 heteroatoms. The van der Waals surface area contributed by atoms with Gasteiger partial charge >= 0.3 is 5.97 Å². The van der Waals surface area contributed by atoms with Crippen LogP contribution in [0.4, 0.5) is 11.4 Å². The van der Waals surface area contributed by atoms with Gasteiger partial charge in [-0.05, 0) is 61.1 Å². The number of ether oxygens (including phenoxy) is 1. The zero-order chi connectivity index (χ0) is 28.0. The number of nitrogens with two attached hydrogens (primary N) is 1. The van der Waals surface area contributed by atoms with Crippen molar-refractivity contribution in [3.05, 3.63) is 95.4 Å². The van der Waals surface area contributed by atoms with Crippen molar-refractivity contribution >= 4 is 27.4 Å². The van der Waals surface area contributed by atoms with Crippen LogP contribution < -0.4 is 10.5 Å². The molecular formula is C30H35N3O5S. The lowest BCUT2D eigenvalue weighted by Gasteiger charge is -2.38. The van der Waals surface area contributed by atoms with Crippen LogP contribution in [0.3, 0.4) is 0 Å². The van der Waals surface area contributed by atoms with Gasteiger partial charge in [0.2, 0.25) is 0 Å². The maximum Gasteiger partial charge on any atom is 0.338 e. The number of esters is 1. The normalized spacial score (nSPS) is 18.5. The number of sulfonamides is 1. The van der Waals surface area contributed by atoms with Gasteiger partial charge in [-0.25, -0.2) is 9.78 Å². The van der Waals surface area contributed by atoms with E-state index in [0.717, 1.165) is 18.4 Å². The highest BCUT2D eigenvalue weighted by Crippen LogP contribution is 2.42. The maximum absolute atomic E-state index is 13.4. The molecule has 1 aliphatic rings. The number of aliphatic hydroxyl groups is 1. The van der Waals surface area contributed by atoms with Crippen LogP contribution >= 0.6 is 0 Å². The van der Waals surface area contributed by atoms with Gasteiger partial charge in [0.25, 0.3) is 10.0 Å². The van der Waals surface area contributed by atoms with Crippen LogP contribution in [0.25, 0.3) is 0 Å². The molecule has 8 nitrogen and oxygen atoms in total. The Bertz CT molecular complexity index is 1440. The summed E-state index contributed by atoms with van der Waals surface area (Å²) in [5, 5.41) is 11.1. The highest BCUT2D eigenvalue weighted by Gasteiger charge is 2.43. The molecule has 0 radical (unpaired) electrons. The number of aryl methyl sites for hydroxylation is 1. The molecule has 1 aromatic heterocycles. The van der Waals surface area contributed by atoms with Crippen LogP contribution in [-0.2, 0) is 26.0 Å². The SMILES string of the molecule is CCC[C@]1(CCc2ccccc2)CC(O)=C(C(CC)c2cccc(NS(=O)(=O)c3ccc(N)cn3)c2)C(=O)O1. The summed E-state index contributed by atoms with van der Waals surface area (Å²) in [5.41, 5.74) is 7.60. The van der Waals surface area contributed by atoms with Crippen LogP contribution in [-0.4, -0.2) is 30.1 Å². The lowest BCUT2D eigenvalue weighted by molar-refractivity contribution is -0.161. The van der Waals surface area contributed by atoms with E-state index in [4.69, 9.17) is 10.5 Å². The molecule has 0 bridgehead atoms. The Kier molecular flexibility index (Phi) is 8.60. The fourth-order valence-electron chi connectivity index (χ4n) is 5.21. The van der Waals surface area contributed by atoms with Crippen LogP contribution in [0.5, 0.6) is 0 Å². The minimum Gasteiger partial charge on any atom is -0.512 e. The predicted molar refractivity (Wildman–Crippen MR) is 152 cm³/mol. The number of carbonyl (C=O) groups is 1. The predicted octanol–water partition coefficient (Wildman–Crippen LogP) is 5.89. The smallest absolute Gasteiger partial charge is 0.338 e. The molecule has 1 aliphatic heterocycles. The third-order valence-electron chi connectivity index (χ3n) is 7.08. The number of nitrogen functional groups attached to an aromatic ring is 1. The van der Waals surface area contributed by atoms with Crippen molar-refractivity contribution in [1.29, 1.82) is 0 Å². The van der Waals surface area contributed by atoms with Gasteiger partial charge in [0, 0.05) is 18.0 Å². The molecule has 0 saturated carbocycles. The lowest BCUT2D eigenvalue weighted by Crippen LogP contribution is -2.41. The molecule has 0 spiro atoms. The number of aromatic nitrogens is 1. The van der Waals surface area contributed by atoms with E-state index >= 15 is 0 Å². The van der Waals surface area contributed by atoms with Crippen molar-refractivity contribution in [2.45, 2.75) is 68.9 Å². The van der Waals surface area contributed by atoms with E-state index in [1.165, 1.54) is 18.3 Å². The maximum atomic E-state index is 13.4. The average molecular weight is 550 g/mol. The monoisotopic (exact) mass is 549 g/mol. The summed E-state index contributed by atoms with van der Waals surface area (Å²) in [6.45, 7) is 3.95. The zero-order valence-electron chi connectivity index (χ0n) is 22.3. The van der Waals surface area contributed by atoms with Gasteiger partial charge in [0.1, 0.15) is 11.4 Å². The summed E-state index contributed by atoms with van der Waals surface area (Å²) < 4.78 is 34.3. The van der Waals surface area contributed by atoms with E-state index < -0.39 is 27.5 Å². The Morgan fingerprint density at radius 2 is 1.85 bits per heavy atom. The first-order valence-electron chi connectivity index (χ1n) is 13.2. The van der Waals surface area contributed by atoms with Crippen molar-refractivity contribution < 1.29 is 23.1 Å². The number of anilines is 2. The summed E-state index contributed by atoms with van der Waals surface area (Å²) >= 11 is 0. The fourth-order valence-corrected chi connectivity index (χ4v) is 6.19. The van der Waals surface area contributed by atoms with Crippen LogP contribution in [0.1, 0.15) is 63.0 Å². The molecule has 39 heavy (non-hydrogen) atoms. The summed E-state index contributed by atoms with van der Waals surface area (Å²) in [5.74, 6) is -0.953. The number of nitrogens with one attached hydrogen (secondary N) is 1. The van der Waals surface area contributed by atoms with Gasteiger partial charge in [-0.3, -0.25) is 4.72 Å². The van der Waals surface area contributed by atoms with Gasteiger partial charge in [-0.1, -0.05) is 62.7 Å². The molecule has 2 heterocycles. The number of cyclic esters (lactones) is 1. The Morgan fingerprint density at radius 3 is 2.49 bits per heavy atom. The Balaban J connectivity index is 1.58. The second-order valence-electron chi connectivity index (χ2n) is 9.97. The van der Waals surface area contributed by atoms with E-state index in [0.29, 0.717) is 36.2 Å². The molecule has 0 saturated heterocycles. The topological polar surface area (TPSA) is 132 Å². The van der Waals surface area contributed by atoms with Gasteiger partial charge in [0.05, 0.1) is 17.5 Å². The first-order valence-corrected chi connectivity index (χ1v) is 14.7. The summed E-state index contributed by atoms with van der Waals surface area (Å²) in [6.07, 6.45) is 4.85. The largest absolute Gasteiger partial charge is 0.512 e. The molecule has 206 valence electrons. The number of nitrogens with zero attached hydrogens (tertiary/aromatic N) is 1. The van der Waals surface area contributed by atoms with E-state index in [-0.39, 0.29) is 22.8 Å². The van der Waals surface area contributed by atoms with Crippen molar-refractivity contribution in [3.8, 4) is 0 Å². The Morgan fingerprint density at radius 1 is 1.08 bits per heavy atom. The number of pyridine rings is 1. The standard InChI is InChI=1S/C30H35N3O5S/c1-3-16-30(17-15-21-9-6-5-7-10-21)19-26(34)28(29(35)38-30)25(4-2)22-11-8-12-24(18-22)33-39(36,37)27-14-13-23(31)20-32-27/h5-14,18,20,25,33-34H,3-4,15-17,19,31H2,1-2H3/t25?,30-/m0/s1. The second kappa shape index (κ2) is 11.9. The Labute approximate surface area is 230 Å². The summed E-state index contributed by atoms with van der Waals surface area (Å²) in [7, 11) is -3.95. The highest BCUT2D eigenvalue weighted by atomic mass is 32.2. The van der Waals surface area contributed by atoms with Crippen molar-refractivity contribution in [3.63, 3.8) is 0 Å². The molecule has 0 amide bonds. The number of hydrogen-bond acceptors (Lipinski definition) is 7. The zero-order valence-corrected chi connectivity index (χ0v) is 23.1. The number of rotatable bonds is 11. The quantitative estimate of drug-likeness (QED) is 0.254. The minimum absolute atomic E-state index is 0.0386. The van der Waals surface area contributed by atoms with Gasteiger partial charge in [0.15, 0.2) is 5.03 Å². The molecule has 4 N–H and O–H groups in total. The van der Waals surface area contributed by atoms with Gasteiger partial charge in [-0.15, -0.1) is 0 Å². The molecule has 0 aliphatic carbocycles.